The lowest BCUT2D eigenvalue weighted by Crippen LogP contribution is -2.44. The average molecular weight is 379 g/mol. The smallest absolute Gasteiger partial charge is 0.188 e. The van der Waals surface area contributed by atoms with E-state index in [-0.39, 0.29) is 11.6 Å². The Balaban J connectivity index is 1.57. The molecule has 1 aliphatic heterocycles. The first-order chi connectivity index (χ1) is 12.0. The Morgan fingerprint density at radius 2 is 1.68 bits per heavy atom. The Labute approximate surface area is 156 Å². The molecule has 0 N–H and O–H groups in total. The summed E-state index contributed by atoms with van der Waals surface area (Å²) in [4.78, 5) is 16.5. The molecule has 0 amide bonds. The number of nitrogens with zero attached hydrogens (tertiary/aromatic N) is 2. The Morgan fingerprint density at radius 3 is 2.32 bits per heavy atom. The number of piperazine rings is 1. The van der Waals surface area contributed by atoms with E-state index < -0.39 is 0 Å². The zero-order valence-corrected chi connectivity index (χ0v) is 15.0. The number of carbonyl (C=O) groups is 1. The largest absolute Gasteiger partial charge is 0.374 e. The molecule has 0 bridgehead atoms. The molecule has 1 fully saturated rings. The molecular weight excluding hydrogens is 362 g/mol. The van der Waals surface area contributed by atoms with Crippen molar-refractivity contribution in [1.82, 2.24) is 4.90 Å². The third kappa shape index (κ3) is 4.53. The first kappa shape index (κ1) is 17.8. The van der Waals surface area contributed by atoms with Gasteiger partial charge in [0.1, 0.15) is 5.82 Å². The van der Waals surface area contributed by atoms with Gasteiger partial charge in [0.05, 0.1) is 5.02 Å². The monoisotopic (exact) mass is 378 g/mol. The summed E-state index contributed by atoms with van der Waals surface area (Å²) in [7, 11) is 0. The predicted octanol–water partition coefficient (Wildman–Crippen LogP) is 4.65. The summed E-state index contributed by atoms with van der Waals surface area (Å²) in [6, 6.07) is 11.3. The van der Waals surface area contributed by atoms with Crippen LogP contribution in [0.25, 0.3) is 0 Å². The molecule has 25 heavy (non-hydrogen) atoms. The maximum Gasteiger partial charge on any atom is 0.188 e. The zero-order chi connectivity index (χ0) is 17.8. The van der Waals surface area contributed by atoms with Crippen LogP contribution < -0.4 is 4.90 Å². The van der Waals surface area contributed by atoms with E-state index >= 15 is 0 Å². The van der Waals surface area contributed by atoms with Crippen LogP contribution in [-0.2, 0) is 0 Å². The predicted molar refractivity (Wildman–Crippen MR) is 100 cm³/mol. The second-order valence-electron chi connectivity index (χ2n) is 5.80. The lowest BCUT2D eigenvalue weighted by Gasteiger charge is -2.35. The molecule has 2 aromatic carbocycles. The lowest BCUT2D eigenvalue weighted by molar-refractivity contribution is 0.104. The number of rotatable bonds is 4. The number of hydrogen-bond donors (Lipinski definition) is 0. The van der Waals surface area contributed by atoms with Gasteiger partial charge in [-0.05, 0) is 42.5 Å². The van der Waals surface area contributed by atoms with Gasteiger partial charge in [-0.3, -0.25) is 4.79 Å². The minimum absolute atomic E-state index is 0.150. The fraction of sp³-hybridized carbons (Fsp3) is 0.211. The summed E-state index contributed by atoms with van der Waals surface area (Å²) < 4.78 is 13.0. The van der Waals surface area contributed by atoms with Gasteiger partial charge in [0.2, 0.25) is 0 Å². The van der Waals surface area contributed by atoms with Gasteiger partial charge in [0.15, 0.2) is 5.78 Å². The van der Waals surface area contributed by atoms with Gasteiger partial charge in [0, 0.05) is 54.7 Å². The molecule has 0 spiro atoms. The summed E-state index contributed by atoms with van der Waals surface area (Å²) in [5.41, 5.74) is 1.45. The Kier molecular flexibility index (Phi) is 5.61. The van der Waals surface area contributed by atoms with E-state index in [0.717, 1.165) is 31.9 Å². The molecule has 130 valence electrons. The van der Waals surface area contributed by atoms with Crippen molar-refractivity contribution in [3.8, 4) is 0 Å². The summed E-state index contributed by atoms with van der Waals surface area (Å²) in [6.45, 7) is 3.20. The van der Waals surface area contributed by atoms with Crippen LogP contribution in [0.15, 0.2) is 54.7 Å². The highest BCUT2D eigenvalue weighted by molar-refractivity contribution is 6.37. The van der Waals surface area contributed by atoms with Crippen LogP contribution in [-0.4, -0.2) is 36.9 Å². The van der Waals surface area contributed by atoms with E-state index in [4.69, 9.17) is 23.2 Å². The van der Waals surface area contributed by atoms with Crippen molar-refractivity contribution < 1.29 is 9.18 Å². The molecule has 1 aliphatic rings. The first-order valence-electron chi connectivity index (χ1n) is 7.95. The van der Waals surface area contributed by atoms with Crippen molar-refractivity contribution in [1.29, 1.82) is 0 Å². The molecule has 6 heteroatoms. The van der Waals surface area contributed by atoms with Crippen LogP contribution in [0.4, 0.5) is 10.1 Å². The Bertz CT molecular complexity index is 785. The molecule has 3 rings (SSSR count). The van der Waals surface area contributed by atoms with E-state index in [1.54, 1.807) is 36.5 Å². The van der Waals surface area contributed by atoms with Crippen LogP contribution in [0.1, 0.15) is 10.4 Å². The maximum absolute atomic E-state index is 13.0. The van der Waals surface area contributed by atoms with E-state index in [1.807, 2.05) is 0 Å². The van der Waals surface area contributed by atoms with Crippen molar-refractivity contribution in [2.45, 2.75) is 0 Å². The van der Waals surface area contributed by atoms with Gasteiger partial charge in [-0.15, -0.1) is 0 Å². The third-order valence-corrected chi connectivity index (χ3v) is 4.69. The highest BCUT2D eigenvalue weighted by Crippen LogP contribution is 2.22. The number of hydrogen-bond acceptors (Lipinski definition) is 3. The van der Waals surface area contributed by atoms with Crippen molar-refractivity contribution in [2.75, 3.05) is 31.1 Å². The molecule has 2 aromatic rings. The van der Waals surface area contributed by atoms with Crippen LogP contribution in [0.5, 0.6) is 0 Å². The highest BCUT2D eigenvalue weighted by Gasteiger charge is 2.15. The third-order valence-electron chi connectivity index (χ3n) is 4.14. The van der Waals surface area contributed by atoms with Gasteiger partial charge in [-0.25, -0.2) is 4.39 Å². The molecule has 0 saturated carbocycles. The van der Waals surface area contributed by atoms with Gasteiger partial charge in [0.25, 0.3) is 0 Å². The van der Waals surface area contributed by atoms with Crippen LogP contribution in [0.3, 0.4) is 0 Å². The molecule has 3 nitrogen and oxygen atoms in total. The molecule has 0 aromatic heterocycles. The number of anilines is 1. The van der Waals surface area contributed by atoms with Crippen LogP contribution in [0.2, 0.25) is 10.0 Å². The minimum Gasteiger partial charge on any atom is -0.374 e. The standard InChI is InChI=1S/C19H17Cl2FN2O/c20-14-1-6-17(18(21)13-14)19(25)7-8-23-9-11-24(12-10-23)16-4-2-15(22)3-5-16/h1-8,13H,9-12H2. The van der Waals surface area contributed by atoms with Gasteiger partial charge in [-0.1, -0.05) is 23.2 Å². The second kappa shape index (κ2) is 7.89. The van der Waals surface area contributed by atoms with Gasteiger partial charge >= 0.3 is 0 Å². The topological polar surface area (TPSA) is 23.6 Å². The first-order valence-corrected chi connectivity index (χ1v) is 8.71. The Morgan fingerprint density at radius 1 is 1.00 bits per heavy atom. The molecule has 0 radical (unpaired) electrons. The van der Waals surface area contributed by atoms with Crippen molar-refractivity contribution in [2.24, 2.45) is 0 Å². The van der Waals surface area contributed by atoms with Crippen LogP contribution in [0, 0.1) is 5.82 Å². The normalized spacial score (nSPS) is 15.0. The molecule has 1 heterocycles. The summed E-state index contributed by atoms with van der Waals surface area (Å²) in [6.07, 6.45) is 3.33. The summed E-state index contributed by atoms with van der Waals surface area (Å²) in [5.74, 6) is -0.382. The minimum atomic E-state index is -0.232. The van der Waals surface area contributed by atoms with Gasteiger partial charge in [-0.2, -0.15) is 0 Å². The molecule has 1 saturated heterocycles. The van der Waals surface area contributed by atoms with Crippen LogP contribution >= 0.6 is 23.2 Å². The molecular formula is C19H17Cl2FN2O. The number of benzene rings is 2. The molecule has 0 aliphatic carbocycles. The van der Waals surface area contributed by atoms with Crippen molar-refractivity contribution in [3.05, 3.63) is 76.2 Å². The van der Waals surface area contributed by atoms with E-state index in [0.29, 0.717) is 15.6 Å². The fourth-order valence-corrected chi connectivity index (χ4v) is 3.23. The number of halogens is 3. The molecule has 0 unspecified atom stereocenters. The number of ketones is 1. The van der Waals surface area contributed by atoms with Crippen molar-refractivity contribution >= 4 is 34.7 Å². The maximum atomic E-state index is 13.0. The van der Waals surface area contributed by atoms with E-state index in [9.17, 15) is 9.18 Å². The summed E-state index contributed by atoms with van der Waals surface area (Å²) >= 11 is 11.9. The average Bonchev–Trinajstić information content (AvgIpc) is 2.61. The molecule has 0 atom stereocenters. The second-order valence-corrected chi connectivity index (χ2v) is 6.65. The Hall–Kier alpha value is -2.04. The highest BCUT2D eigenvalue weighted by atomic mass is 35.5. The SMILES string of the molecule is O=C(C=CN1CCN(c2ccc(F)cc2)CC1)c1ccc(Cl)cc1Cl. The quantitative estimate of drug-likeness (QED) is 0.571. The fourth-order valence-electron chi connectivity index (χ4n) is 2.73. The van der Waals surface area contributed by atoms with E-state index in [1.165, 1.54) is 18.2 Å². The van der Waals surface area contributed by atoms with Crippen molar-refractivity contribution in [3.63, 3.8) is 0 Å². The number of allylic oxidation sites excluding steroid dienone is 1. The lowest BCUT2D eigenvalue weighted by atomic mass is 10.1. The summed E-state index contributed by atoms with van der Waals surface area (Å²) in [5, 5.41) is 0.853. The van der Waals surface area contributed by atoms with Gasteiger partial charge < -0.3 is 9.80 Å². The van der Waals surface area contributed by atoms with E-state index in [2.05, 4.69) is 9.80 Å². The zero-order valence-electron chi connectivity index (χ0n) is 13.5. The number of carbonyl (C=O) groups excluding carboxylic acids is 1.